The molecule has 4 fully saturated rings. The standard InChI is InChI=1S/C14H22N2O4S/c17-13(18)14-5-1-2-11(14)8-15(9-14)21(19,20)16-7-10-3-4-12(16)6-10/h10-12H,1-9H2,(H,17,18)/t10?,11-,12?,14+/m0/s1. The molecule has 2 bridgehead atoms. The summed E-state index contributed by atoms with van der Waals surface area (Å²) in [4.78, 5) is 11.7. The van der Waals surface area contributed by atoms with Gasteiger partial charge in [-0.15, -0.1) is 0 Å². The van der Waals surface area contributed by atoms with E-state index in [4.69, 9.17) is 0 Å². The summed E-state index contributed by atoms with van der Waals surface area (Å²) in [7, 11) is -3.48. The van der Waals surface area contributed by atoms with Crippen LogP contribution in [0.4, 0.5) is 0 Å². The lowest BCUT2D eigenvalue weighted by Gasteiger charge is -2.31. The molecule has 2 aliphatic heterocycles. The molecule has 2 aliphatic carbocycles. The fourth-order valence-electron chi connectivity index (χ4n) is 5.08. The summed E-state index contributed by atoms with van der Waals surface area (Å²) in [6, 6.07) is 0.154. The minimum atomic E-state index is -3.48. The topological polar surface area (TPSA) is 77.9 Å². The van der Waals surface area contributed by atoms with Crippen LogP contribution in [-0.4, -0.2) is 53.8 Å². The lowest BCUT2D eigenvalue weighted by molar-refractivity contribution is -0.149. The van der Waals surface area contributed by atoms with Crippen molar-refractivity contribution in [1.29, 1.82) is 0 Å². The van der Waals surface area contributed by atoms with Crippen molar-refractivity contribution in [2.24, 2.45) is 17.3 Å². The van der Waals surface area contributed by atoms with Gasteiger partial charge < -0.3 is 5.11 Å². The Hall–Kier alpha value is -0.660. The third kappa shape index (κ3) is 1.83. The van der Waals surface area contributed by atoms with Crippen LogP contribution in [-0.2, 0) is 15.0 Å². The first-order valence-electron chi connectivity index (χ1n) is 7.94. The first-order chi connectivity index (χ1) is 9.93. The number of hydrogen-bond acceptors (Lipinski definition) is 3. The number of rotatable bonds is 3. The van der Waals surface area contributed by atoms with Crippen molar-refractivity contribution in [1.82, 2.24) is 8.61 Å². The maximum Gasteiger partial charge on any atom is 0.311 e. The molecule has 4 atom stereocenters. The summed E-state index contributed by atoms with van der Waals surface area (Å²) in [6.45, 7) is 1.19. The highest BCUT2D eigenvalue weighted by Crippen LogP contribution is 2.50. The molecular formula is C14H22N2O4S. The van der Waals surface area contributed by atoms with Gasteiger partial charge in [-0.05, 0) is 43.9 Å². The third-order valence-corrected chi connectivity index (χ3v) is 8.22. The van der Waals surface area contributed by atoms with Crippen LogP contribution in [0.25, 0.3) is 0 Å². The monoisotopic (exact) mass is 314 g/mol. The van der Waals surface area contributed by atoms with E-state index in [9.17, 15) is 18.3 Å². The Bertz CT molecular complexity index is 578. The van der Waals surface area contributed by atoms with E-state index in [0.29, 0.717) is 25.4 Å². The second-order valence-corrected chi connectivity index (χ2v) is 9.13. The summed E-state index contributed by atoms with van der Waals surface area (Å²) < 4.78 is 28.9. The van der Waals surface area contributed by atoms with E-state index in [2.05, 4.69) is 0 Å². The van der Waals surface area contributed by atoms with Crippen molar-refractivity contribution in [2.75, 3.05) is 19.6 Å². The maximum atomic E-state index is 12.9. The summed E-state index contributed by atoms with van der Waals surface area (Å²) in [5.41, 5.74) is -0.828. The van der Waals surface area contributed by atoms with Crippen molar-refractivity contribution in [2.45, 2.75) is 44.6 Å². The van der Waals surface area contributed by atoms with Crippen LogP contribution in [0.2, 0.25) is 0 Å². The zero-order valence-electron chi connectivity index (χ0n) is 12.1. The van der Waals surface area contributed by atoms with E-state index in [-0.39, 0.29) is 18.5 Å². The van der Waals surface area contributed by atoms with Crippen molar-refractivity contribution >= 4 is 16.2 Å². The SMILES string of the molecule is O=C(O)[C@@]12CCC[C@H]1CN(S(=O)(=O)N1CC3CCC1C3)C2. The van der Waals surface area contributed by atoms with E-state index in [0.717, 1.165) is 32.1 Å². The molecule has 2 heterocycles. The smallest absolute Gasteiger partial charge is 0.311 e. The van der Waals surface area contributed by atoms with Gasteiger partial charge in [0.15, 0.2) is 0 Å². The Balaban J connectivity index is 1.59. The molecule has 0 aromatic carbocycles. The molecule has 0 amide bonds. The number of aliphatic carboxylic acids is 1. The Labute approximate surface area is 125 Å². The van der Waals surface area contributed by atoms with Crippen LogP contribution >= 0.6 is 0 Å². The minimum Gasteiger partial charge on any atom is -0.481 e. The van der Waals surface area contributed by atoms with E-state index in [1.165, 1.54) is 4.31 Å². The molecule has 0 radical (unpaired) electrons. The van der Waals surface area contributed by atoms with Gasteiger partial charge in [0.05, 0.1) is 5.41 Å². The quantitative estimate of drug-likeness (QED) is 0.839. The Morgan fingerprint density at radius 3 is 2.57 bits per heavy atom. The van der Waals surface area contributed by atoms with Crippen molar-refractivity contribution in [3.8, 4) is 0 Å². The minimum absolute atomic E-state index is 0.00966. The highest BCUT2D eigenvalue weighted by atomic mass is 32.2. The molecule has 6 nitrogen and oxygen atoms in total. The molecule has 2 unspecified atom stereocenters. The number of carboxylic acid groups (broad SMARTS) is 1. The number of fused-ring (bicyclic) bond motifs is 3. The fraction of sp³-hybridized carbons (Fsp3) is 0.929. The summed E-state index contributed by atoms with van der Waals surface area (Å²) in [5, 5.41) is 9.59. The molecule has 1 N–H and O–H groups in total. The van der Waals surface area contributed by atoms with Gasteiger partial charge in [-0.2, -0.15) is 17.0 Å². The van der Waals surface area contributed by atoms with Crippen LogP contribution in [0.1, 0.15) is 38.5 Å². The number of nitrogens with zero attached hydrogens (tertiary/aromatic N) is 2. The van der Waals surface area contributed by atoms with Crippen LogP contribution in [0.5, 0.6) is 0 Å². The van der Waals surface area contributed by atoms with Crippen LogP contribution in [0.15, 0.2) is 0 Å². The summed E-state index contributed by atoms with van der Waals surface area (Å²) in [5.74, 6) is -0.310. The Morgan fingerprint density at radius 1 is 1.19 bits per heavy atom. The predicted octanol–water partition coefficient (Wildman–Crippen LogP) is 0.902. The summed E-state index contributed by atoms with van der Waals surface area (Å²) >= 11 is 0. The highest BCUT2D eigenvalue weighted by molar-refractivity contribution is 7.86. The average Bonchev–Trinajstić information content (AvgIpc) is 3.16. The van der Waals surface area contributed by atoms with Gasteiger partial charge in [0.25, 0.3) is 10.2 Å². The lowest BCUT2D eigenvalue weighted by atomic mass is 9.81. The second kappa shape index (κ2) is 4.43. The van der Waals surface area contributed by atoms with Crippen LogP contribution < -0.4 is 0 Å². The molecule has 0 aromatic rings. The summed E-state index contributed by atoms with van der Waals surface area (Å²) in [6.07, 6.45) is 5.44. The molecule has 118 valence electrons. The largest absolute Gasteiger partial charge is 0.481 e. The number of piperidine rings is 1. The van der Waals surface area contributed by atoms with Gasteiger partial charge in [-0.25, -0.2) is 0 Å². The van der Waals surface area contributed by atoms with Crippen molar-refractivity contribution in [3.63, 3.8) is 0 Å². The molecule has 4 aliphatic rings. The molecule has 0 aromatic heterocycles. The van der Waals surface area contributed by atoms with Crippen molar-refractivity contribution in [3.05, 3.63) is 0 Å². The molecule has 2 saturated carbocycles. The zero-order valence-corrected chi connectivity index (χ0v) is 12.9. The normalized spacial score (nSPS) is 43.5. The highest BCUT2D eigenvalue weighted by Gasteiger charge is 2.58. The molecular weight excluding hydrogens is 292 g/mol. The Kier molecular flexibility index (Phi) is 2.94. The molecule has 21 heavy (non-hydrogen) atoms. The first-order valence-corrected chi connectivity index (χ1v) is 9.33. The van der Waals surface area contributed by atoms with E-state index < -0.39 is 21.6 Å². The Morgan fingerprint density at radius 2 is 2.00 bits per heavy atom. The third-order valence-electron chi connectivity index (χ3n) is 6.25. The molecule has 7 heteroatoms. The first kappa shape index (κ1) is 14.0. The molecule has 4 rings (SSSR count). The van der Waals surface area contributed by atoms with Gasteiger partial charge in [-0.1, -0.05) is 6.42 Å². The fourth-order valence-corrected chi connectivity index (χ4v) is 7.10. The maximum absolute atomic E-state index is 12.9. The molecule has 2 saturated heterocycles. The lowest BCUT2D eigenvalue weighted by Crippen LogP contribution is -2.47. The van der Waals surface area contributed by atoms with Gasteiger partial charge in [0, 0.05) is 25.7 Å². The van der Waals surface area contributed by atoms with Crippen molar-refractivity contribution < 1.29 is 18.3 Å². The van der Waals surface area contributed by atoms with E-state index in [1.54, 1.807) is 4.31 Å². The van der Waals surface area contributed by atoms with Gasteiger partial charge >= 0.3 is 5.97 Å². The van der Waals surface area contributed by atoms with Crippen LogP contribution in [0.3, 0.4) is 0 Å². The number of carboxylic acids is 1. The predicted molar refractivity (Wildman–Crippen MR) is 75.7 cm³/mol. The number of carbonyl (C=O) groups is 1. The second-order valence-electron chi connectivity index (χ2n) is 7.25. The van der Waals surface area contributed by atoms with Gasteiger partial charge in [0.2, 0.25) is 0 Å². The van der Waals surface area contributed by atoms with Gasteiger partial charge in [-0.3, -0.25) is 4.79 Å². The average molecular weight is 314 g/mol. The van der Waals surface area contributed by atoms with E-state index >= 15 is 0 Å². The van der Waals surface area contributed by atoms with Crippen LogP contribution in [0, 0.1) is 17.3 Å². The van der Waals surface area contributed by atoms with E-state index in [1.807, 2.05) is 0 Å². The zero-order chi connectivity index (χ0) is 14.8. The number of hydrogen-bond donors (Lipinski definition) is 1. The van der Waals surface area contributed by atoms with Gasteiger partial charge in [0.1, 0.15) is 0 Å². The molecule has 0 spiro atoms.